The van der Waals surface area contributed by atoms with Gasteiger partial charge in [-0.25, -0.2) is 13.4 Å². The molecule has 0 unspecified atom stereocenters. The van der Waals surface area contributed by atoms with E-state index in [-0.39, 0.29) is 4.90 Å². The fourth-order valence-corrected chi connectivity index (χ4v) is 5.41. The summed E-state index contributed by atoms with van der Waals surface area (Å²) in [7, 11) is -2.26. The molecule has 0 aliphatic heterocycles. The Morgan fingerprint density at radius 2 is 1.81 bits per heavy atom. The average molecular weight is 599 g/mol. The molecular formula is C26H21BrClN5O3S. The molecule has 0 saturated carbocycles. The lowest BCUT2D eigenvalue weighted by Crippen LogP contribution is -2.13. The van der Waals surface area contributed by atoms with E-state index in [0.29, 0.717) is 34.3 Å². The molecule has 11 heteroatoms. The van der Waals surface area contributed by atoms with E-state index in [0.717, 1.165) is 21.4 Å². The van der Waals surface area contributed by atoms with Gasteiger partial charge in [0.05, 0.1) is 28.4 Å². The first-order chi connectivity index (χ1) is 17.8. The van der Waals surface area contributed by atoms with E-state index < -0.39 is 10.0 Å². The second-order valence-corrected chi connectivity index (χ2v) is 11.0. The fourth-order valence-electron chi connectivity index (χ4n) is 3.73. The molecule has 0 radical (unpaired) electrons. The number of anilines is 2. The number of nitrogens with zero attached hydrogens (tertiary/aromatic N) is 3. The number of ether oxygens (including phenoxy) is 1. The van der Waals surface area contributed by atoms with Crippen LogP contribution >= 0.6 is 27.5 Å². The van der Waals surface area contributed by atoms with Crippen molar-refractivity contribution >= 4 is 54.7 Å². The van der Waals surface area contributed by atoms with Crippen LogP contribution in [-0.4, -0.2) is 30.1 Å². The summed E-state index contributed by atoms with van der Waals surface area (Å²) >= 11 is 9.92. The van der Waals surface area contributed by atoms with Crippen LogP contribution in [0.2, 0.25) is 5.02 Å². The zero-order valence-electron chi connectivity index (χ0n) is 19.5. The molecule has 2 heterocycles. The van der Waals surface area contributed by atoms with E-state index in [1.54, 1.807) is 35.0 Å². The first-order valence-corrected chi connectivity index (χ1v) is 13.8. The van der Waals surface area contributed by atoms with Gasteiger partial charge in [0.2, 0.25) is 0 Å². The van der Waals surface area contributed by atoms with E-state index >= 15 is 0 Å². The minimum atomic E-state index is -3.75. The third-order valence-electron chi connectivity index (χ3n) is 5.61. The Hall–Kier alpha value is -3.60. The highest BCUT2D eigenvalue weighted by Gasteiger charge is 2.16. The third-order valence-corrected chi connectivity index (χ3v) is 7.88. The highest BCUT2D eigenvalue weighted by atomic mass is 79.9. The lowest BCUT2D eigenvalue weighted by Gasteiger charge is -2.13. The summed E-state index contributed by atoms with van der Waals surface area (Å²) < 4.78 is 35.7. The highest BCUT2D eigenvalue weighted by molar-refractivity contribution is 9.10. The van der Waals surface area contributed by atoms with Crippen molar-refractivity contribution in [3.8, 4) is 17.0 Å². The normalized spacial score (nSPS) is 11.4. The molecule has 2 N–H and O–H groups in total. The number of methoxy groups -OCH3 is 1. The molecule has 0 atom stereocenters. The molecular weight excluding hydrogens is 578 g/mol. The molecule has 0 saturated heterocycles. The molecule has 188 valence electrons. The lowest BCUT2D eigenvalue weighted by atomic mass is 10.1. The molecule has 0 bridgehead atoms. The number of sulfonamides is 1. The Labute approximate surface area is 227 Å². The quantitative estimate of drug-likeness (QED) is 0.220. The van der Waals surface area contributed by atoms with Crippen LogP contribution in [0.25, 0.3) is 16.9 Å². The molecule has 5 aromatic rings. The monoisotopic (exact) mass is 597 g/mol. The van der Waals surface area contributed by atoms with Crippen molar-refractivity contribution in [2.45, 2.75) is 11.4 Å². The Balaban J connectivity index is 1.35. The molecule has 2 aromatic heterocycles. The molecule has 5 rings (SSSR count). The van der Waals surface area contributed by atoms with Crippen LogP contribution in [0.5, 0.6) is 5.75 Å². The van der Waals surface area contributed by atoms with Crippen molar-refractivity contribution in [2.24, 2.45) is 0 Å². The van der Waals surface area contributed by atoms with Gasteiger partial charge in [-0.1, -0.05) is 48.0 Å². The van der Waals surface area contributed by atoms with Gasteiger partial charge in [-0.3, -0.25) is 4.72 Å². The summed E-state index contributed by atoms with van der Waals surface area (Å²) in [5.41, 5.74) is 3.58. The largest absolute Gasteiger partial charge is 0.497 e. The van der Waals surface area contributed by atoms with Gasteiger partial charge in [0.15, 0.2) is 5.65 Å². The fraction of sp³-hybridized carbons (Fsp3) is 0.0769. The number of aromatic nitrogens is 3. The highest BCUT2D eigenvalue weighted by Crippen LogP contribution is 2.30. The minimum Gasteiger partial charge on any atom is -0.497 e. The second-order valence-electron chi connectivity index (χ2n) is 8.07. The Morgan fingerprint density at radius 1 is 1.03 bits per heavy atom. The van der Waals surface area contributed by atoms with Crippen LogP contribution in [0, 0.1) is 0 Å². The Bertz CT molecular complexity index is 1690. The van der Waals surface area contributed by atoms with Crippen molar-refractivity contribution in [3.63, 3.8) is 0 Å². The summed E-state index contributed by atoms with van der Waals surface area (Å²) in [6.45, 7) is 0.474. The summed E-state index contributed by atoms with van der Waals surface area (Å²) in [6.07, 6.45) is 1.69. The molecule has 0 amide bonds. The van der Waals surface area contributed by atoms with Crippen LogP contribution < -0.4 is 14.8 Å². The average Bonchev–Trinajstić information content (AvgIpc) is 3.29. The van der Waals surface area contributed by atoms with Crippen molar-refractivity contribution in [1.29, 1.82) is 0 Å². The molecule has 37 heavy (non-hydrogen) atoms. The van der Waals surface area contributed by atoms with Crippen LogP contribution in [0.3, 0.4) is 0 Å². The van der Waals surface area contributed by atoms with Gasteiger partial charge in [0.25, 0.3) is 10.0 Å². The second kappa shape index (κ2) is 10.4. The van der Waals surface area contributed by atoms with Crippen LogP contribution in [0.1, 0.15) is 5.56 Å². The number of fused-ring (bicyclic) bond motifs is 1. The van der Waals surface area contributed by atoms with Crippen molar-refractivity contribution in [1.82, 2.24) is 14.6 Å². The first kappa shape index (κ1) is 25.1. The smallest absolute Gasteiger partial charge is 0.262 e. The van der Waals surface area contributed by atoms with Crippen LogP contribution in [0.4, 0.5) is 11.5 Å². The topological polar surface area (TPSA) is 97.6 Å². The van der Waals surface area contributed by atoms with Crippen molar-refractivity contribution < 1.29 is 13.2 Å². The number of benzene rings is 3. The van der Waals surface area contributed by atoms with E-state index in [9.17, 15) is 8.42 Å². The van der Waals surface area contributed by atoms with Gasteiger partial charge in [-0.15, -0.1) is 0 Å². The number of nitrogens with one attached hydrogen (secondary N) is 2. The van der Waals surface area contributed by atoms with E-state index in [1.807, 2.05) is 42.5 Å². The zero-order valence-corrected chi connectivity index (χ0v) is 22.7. The standard InChI is InChI=1S/C26H21BrClN5O3S/c1-36-19-5-4-6-20(13-19)37(34,35)32-18-11-9-17(10-12-18)15-29-25-14-24(21-7-2-3-8-23(21)28)31-26-22(27)16-30-33(25)26/h2-14,16,29,32H,15H2,1H3. The SMILES string of the molecule is COc1cccc(S(=O)(=O)Nc2ccc(CNc3cc(-c4ccccc4Cl)nc4c(Br)cnn34)cc2)c1. The van der Waals surface area contributed by atoms with Gasteiger partial charge >= 0.3 is 0 Å². The van der Waals surface area contributed by atoms with Crippen molar-refractivity contribution in [2.75, 3.05) is 17.1 Å². The van der Waals surface area contributed by atoms with Gasteiger partial charge in [0, 0.05) is 35.0 Å². The zero-order chi connectivity index (χ0) is 26.0. The number of rotatable bonds is 8. The molecule has 0 aliphatic rings. The van der Waals surface area contributed by atoms with Crippen molar-refractivity contribution in [3.05, 3.63) is 100 Å². The number of halogens is 2. The van der Waals surface area contributed by atoms with Crippen LogP contribution in [-0.2, 0) is 16.6 Å². The maximum atomic E-state index is 12.8. The first-order valence-electron chi connectivity index (χ1n) is 11.1. The predicted octanol–water partition coefficient (Wildman–Crippen LogP) is 6.23. The van der Waals surface area contributed by atoms with Crippen LogP contribution in [0.15, 0.2) is 94.4 Å². The Kier molecular flexibility index (Phi) is 7.05. The maximum absolute atomic E-state index is 12.8. The third kappa shape index (κ3) is 5.41. The summed E-state index contributed by atoms with van der Waals surface area (Å²) in [6, 6.07) is 22.9. The molecule has 0 spiro atoms. The van der Waals surface area contributed by atoms with Gasteiger partial charge in [-0.2, -0.15) is 9.61 Å². The van der Waals surface area contributed by atoms with E-state index in [1.165, 1.54) is 19.2 Å². The van der Waals surface area contributed by atoms with Gasteiger partial charge in [-0.05, 0) is 51.8 Å². The van der Waals surface area contributed by atoms with E-state index in [2.05, 4.69) is 31.1 Å². The Morgan fingerprint density at radius 3 is 2.57 bits per heavy atom. The molecule has 3 aromatic carbocycles. The number of hydrogen-bond donors (Lipinski definition) is 2. The predicted molar refractivity (Wildman–Crippen MR) is 149 cm³/mol. The maximum Gasteiger partial charge on any atom is 0.262 e. The summed E-state index contributed by atoms with van der Waals surface area (Å²) in [5, 5.41) is 8.41. The summed E-state index contributed by atoms with van der Waals surface area (Å²) in [5.74, 6) is 1.20. The molecule has 8 nitrogen and oxygen atoms in total. The molecule has 0 fully saturated rings. The van der Waals surface area contributed by atoms with Gasteiger partial charge < -0.3 is 10.1 Å². The minimum absolute atomic E-state index is 0.124. The number of hydrogen-bond acceptors (Lipinski definition) is 6. The summed E-state index contributed by atoms with van der Waals surface area (Å²) in [4.78, 5) is 4.84. The van der Waals surface area contributed by atoms with E-state index in [4.69, 9.17) is 21.3 Å². The van der Waals surface area contributed by atoms with Gasteiger partial charge in [0.1, 0.15) is 11.6 Å². The molecule has 0 aliphatic carbocycles. The lowest BCUT2D eigenvalue weighted by molar-refractivity contribution is 0.413.